The number of nitro benzene ring substituents is 1. The van der Waals surface area contributed by atoms with E-state index in [-0.39, 0.29) is 17.1 Å². The number of fused-ring (bicyclic) bond motifs is 1. The van der Waals surface area contributed by atoms with E-state index in [1.807, 2.05) is 0 Å². The number of ether oxygens (including phenoxy) is 2. The van der Waals surface area contributed by atoms with E-state index in [4.69, 9.17) is 16.3 Å². The van der Waals surface area contributed by atoms with Gasteiger partial charge in [-0.1, -0.05) is 11.6 Å². The number of hydrogen-bond donors (Lipinski definition) is 0. The van der Waals surface area contributed by atoms with E-state index in [0.717, 1.165) is 0 Å². The number of benzene rings is 1. The van der Waals surface area contributed by atoms with Crippen LogP contribution >= 0.6 is 11.6 Å². The zero-order chi connectivity index (χ0) is 13.5. The Morgan fingerprint density at radius 2 is 2.28 bits per heavy atom. The molecule has 0 aromatic heterocycles. The number of carbonyl (C=O) groups excluding carboxylic acids is 1. The third-order valence-corrected chi connectivity index (χ3v) is 3.11. The second-order valence-electron chi connectivity index (χ2n) is 4.17. The van der Waals surface area contributed by atoms with E-state index in [1.54, 1.807) is 6.92 Å². The lowest BCUT2D eigenvalue weighted by atomic mass is 9.99. The molecule has 18 heavy (non-hydrogen) atoms. The Kier molecular flexibility index (Phi) is 2.90. The van der Waals surface area contributed by atoms with Gasteiger partial charge in [0.05, 0.1) is 12.0 Å². The fourth-order valence-electron chi connectivity index (χ4n) is 1.93. The molecule has 0 bridgehead atoms. The Balaban J connectivity index is 2.42. The summed E-state index contributed by atoms with van der Waals surface area (Å²) in [5.41, 5.74) is -0.789. The highest BCUT2D eigenvalue weighted by Gasteiger charge is 2.44. The predicted molar refractivity (Wildman–Crippen MR) is 62.9 cm³/mol. The third-order valence-electron chi connectivity index (χ3n) is 2.81. The molecule has 1 unspecified atom stereocenters. The second kappa shape index (κ2) is 4.13. The van der Waals surface area contributed by atoms with Crippen molar-refractivity contribution in [2.24, 2.45) is 0 Å². The predicted octanol–water partition coefficient (Wildman–Crippen LogP) is 2.11. The van der Waals surface area contributed by atoms with E-state index in [9.17, 15) is 14.9 Å². The van der Waals surface area contributed by atoms with Crippen molar-refractivity contribution < 1.29 is 19.2 Å². The van der Waals surface area contributed by atoms with Crippen LogP contribution in [0.5, 0.6) is 5.75 Å². The van der Waals surface area contributed by atoms with Gasteiger partial charge in [-0.3, -0.25) is 10.1 Å². The van der Waals surface area contributed by atoms with Crippen LogP contribution in [0.4, 0.5) is 5.69 Å². The average molecular weight is 272 g/mol. The Hall–Kier alpha value is -1.82. The summed E-state index contributed by atoms with van der Waals surface area (Å²) < 4.78 is 10.1. The van der Waals surface area contributed by atoms with Crippen LogP contribution in [-0.4, -0.2) is 23.6 Å². The first kappa shape index (κ1) is 12.6. The number of nitrogens with zero attached hydrogens (tertiary/aromatic N) is 1. The molecule has 7 heteroatoms. The van der Waals surface area contributed by atoms with Gasteiger partial charge in [0.25, 0.3) is 5.69 Å². The van der Waals surface area contributed by atoms with Gasteiger partial charge in [0.2, 0.25) is 5.60 Å². The van der Waals surface area contributed by atoms with Gasteiger partial charge in [-0.05, 0) is 6.92 Å². The highest BCUT2D eigenvalue weighted by molar-refractivity contribution is 6.32. The number of nitro groups is 1. The molecule has 1 aliphatic rings. The monoisotopic (exact) mass is 271 g/mol. The molecular formula is C11H10ClNO5. The highest BCUT2D eigenvalue weighted by Crippen LogP contribution is 2.41. The summed E-state index contributed by atoms with van der Waals surface area (Å²) in [6, 6.07) is 2.68. The molecular weight excluding hydrogens is 262 g/mol. The van der Waals surface area contributed by atoms with Gasteiger partial charge in [0.1, 0.15) is 10.8 Å². The number of halogens is 1. The van der Waals surface area contributed by atoms with E-state index in [2.05, 4.69) is 4.74 Å². The lowest BCUT2D eigenvalue weighted by Gasteiger charge is -2.20. The number of hydrogen-bond acceptors (Lipinski definition) is 5. The summed E-state index contributed by atoms with van der Waals surface area (Å²) >= 11 is 5.77. The largest absolute Gasteiger partial charge is 0.475 e. The number of methoxy groups -OCH3 is 1. The summed E-state index contributed by atoms with van der Waals surface area (Å²) in [5, 5.41) is 10.7. The lowest BCUT2D eigenvalue weighted by molar-refractivity contribution is -0.384. The quantitative estimate of drug-likeness (QED) is 0.468. The highest BCUT2D eigenvalue weighted by atomic mass is 35.5. The van der Waals surface area contributed by atoms with Gasteiger partial charge in [0, 0.05) is 24.1 Å². The van der Waals surface area contributed by atoms with Crippen LogP contribution in [0.15, 0.2) is 12.1 Å². The maximum Gasteiger partial charge on any atom is 0.350 e. The summed E-state index contributed by atoms with van der Waals surface area (Å²) in [7, 11) is 1.26. The fourth-order valence-corrected chi connectivity index (χ4v) is 2.15. The normalized spacial score (nSPS) is 21.1. The van der Waals surface area contributed by atoms with Crippen molar-refractivity contribution in [3.05, 3.63) is 32.8 Å². The first-order valence-corrected chi connectivity index (χ1v) is 5.49. The van der Waals surface area contributed by atoms with Crippen LogP contribution in [0, 0.1) is 10.1 Å². The molecule has 1 aromatic carbocycles. The molecule has 2 rings (SSSR count). The Morgan fingerprint density at radius 3 is 2.83 bits per heavy atom. The zero-order valence-corrected chi connectivity index (χ0v) is 10.5. The van der Waals surface area contributed by atoms with Gasteiger partial charge in [-0.15, -0.1) is 0 Å². The SMILES string of the molecule is COC(=O)C1(C)Cc2cc([N+](=O)[O-])c(Cl)cc2O1. The second-order valence-corrected chi connectivity index (χ2v) is 4.58. The van der Waals surface area contributed by atoms with E-state index in [0.29, 0.717) is 11.3 Å². The number of esters is 1. The van der Waals surface area contributed by atoms with Gasteiger partial charge in [0.15, 0.2) is 0 Å². The number of carbonyl (C=O) groups is 1. The maximum absolute atomic E-state index is 11.6. The first-order chi connectivity index (χ1) is 8.37. The molecule has 0 fully saturated rings. The van der Waals surface area contributed by atoms with Gasteiger partial charge in [-0.25, -0.2) is 4.79 Å². The Morgan fingerprint density at radius 1 is 1.61 bits per heavy atom. The van der Waals surface area contributed by atoms with Crippen LogP contribution in [-0.2, 0) is 16.0 Å². The van der Waals surface area contributed by atoms with E-state index >= 15 is 0 Å². The van der Waals surface area contributed by atoms with Crippen LogP contribution < -0.4 is 4.74 Å². The van der Waals surface area contributed by atoms with Crippen molar-refractivity contribution in [2.45, 2.75) is 18.9 Å². The minimum absolute atomic E-state index is 0.0205. The number of rotatable bonds is 2. The molecule has 1 aliphatic heterocycles. The Labute approximate surface area is 108 Å². The van der Waals surface area contributed by atoms with Crippen molar-refractivity contribution in [1.82, 2.24) is 0 Å². The van der Waals surface area contributed by atoms with Crippen molar-refractivity contribution in [2.75, 3.05) is 7.11 Å². The first-order valence-electron chi connectivity index (χ1n) is 5.11. The molecule has 6 nitrogen and oxygen atoms in total. The molecule has 0 radical (unpaired) electrons. The molecule has 1 heterocycles. The topological polar surface area (TPSA) is 78.7 Å². The average Bonchev–Trinajstić information content (AvgIpc) is 2.63. The van der Waals surface area contributed by atoms with Crippen LogP contribution in [0.1, 0.15) is 12.5 Å². The standard InChI is InChI=1S/C11H10ClNO5/c1-11(10(14)17-2)5-6-3-8(13(15)16)7(12)4-9(6)18-11/h3-4H,5H2,1-2H3. The molecule has 0 spiro atoms. The van der Waals surface area contributed by atoms with Gasteiger partial charge >= 0.3 is 5.97 Å². The van der Waals surface area contributed by atoms with Crippen LogP contribution in [0.2, 0.25) is 5.02 Å². The molecule has 0 saturated heterocycles. The minimum atomic E-state index is -1.16. The summed E-state index contributed by atoms with van der Waals surface area (Å²) in [5.74, 6) is -0.157. The Bertz CT molecular complexity index is 544. The maximum atomic E-state index is 11.6. The fraction of sp³-hybridized carbons (Fsp3) is 0.364. The van der Waals surface area contributed by atoms with Crippen LogP contribution in [0.25, 0.3) is 0 Å². The van der Waals surface area contributed by atoms with Crippen molar-refractivity contribution >= 4 is 23.3 Å². The molecule has 0 N–H and O–H groups in total. The molecule has 0 saturated carbocycles. The van der Waals surface area contributed by atoms with E-state index < -0.39 is 16.5 Å². The summed E-state index contributed by atoms with van der Waals surface area (Å²) in [6.45, 7) is 1.57. The molecule has 96 valence electrons. The van der Waals surface area contributed by atoms with Gasteiger partial charge in [-0.2, -0.15) is 0 Å². The lowest BCUT2D eigenvalue weighted by Crippen LogP contribution is -2.40. The molecule has 0 amide bonds. The van der Waals surface area contributed by atoms with E-state index in [1.165, 1.54) is 19.2 Å². The van der Waals surface area contributed by atoms with Crippen molar-refractivity contribution in [3.8, 4) is 5.75 Å². The zero-order valence-electron chi connectivity index (χ0n) is 9.73. The van der Waals surface area contributed by atoms with Gasteiger partial charge < -0.3 is 9.47 Å². The van der Waals surface area contributed by atoms with Crippen LogP contribution in [0.3, 0.4) is 0 Å². The van der Waals surface area contributed by atoms with Crippen molar-refractivity contribution in [3.63, 3.8) is 0 Å². The van der Waals surface area contributed by atoms with Crippen molar-refractivity contribution in [1.29, 1.82) is 0 Å². The molecule has 0 aliphatic carbocycles. The smallest absolute Gasteiger partial charge is 0.350 e. The molecule has 1 aromatic rings. The molecule has 1 atom stereocenters. The summed E-state index contributed by atoms with van der Waals surface area (Å²) in [6.07, 6.45) is 0.215. The third kappa shape index (κ3) is 1.88. The summed E-state index contributed by atoms with van der Waals surface area (Å²) in [4.78, 5) is 21.8. The minimum Gasteiger partial charge on any atom is -0.475 e.